The van der Waals surface area contributed by atoms with E-state index in [1.165, 1.54) is 16.3 Å². The summed E-state index contributed by atoms with van der Waals surface area (Å²) in [6.07, 6.45) is 0.390. The number of hydrogen-bond acceptors (Lipinski definition) is 6. The predicted molar refractivity (Wildman–Crippen MR) is 121 cm³/mol. The zero-order chi connectivity index (χ0) is 22.0. The summed E-state index contributed by atoms with van der Waals surface area (Å²) in [5.41, 5.74) is 5.03. The fraction of sp³-hybridized carbons (Fsp3) is 0.227. The number of thioether (sulfide) groups is 1. The smallest absolute Gasteiger partial charge is 0.274 e. The van der Waals surface area contributed by atoms with E-state index in [4.69, 9.17) is 0 Å². The Labute approximate surface area is 183 Å². The molecule has 2 aromatic carbocycles. The quantitative estimate of drug-likeness (QED) is 0.452. The number of aromatic amines is 1. The largest absolute Gasteiger partial charge is 0.325 e. The molecule has 0 aliphatic rings. The van der Waals surface area contributed by atoms with Gasteiger partial charge in [-0.2, -0.15) is 9.61 Å². The number of aryl methyl sites for hydroxylation is 3. The van der Waals surface area contributed by atoms with Gasteiger partial charge in [0.05, 0.1) is 5.75 Å². The van der Waals surface area contributed by atoms with Crippen molar-refractivity contribution in [2.24, 2.45) is 0 Å². The van der Waals surface area contributed by atoms with Crippen molar-refractivity contribution in [3.63, 3.8) is 0 Å². The Bertz CT molecular complexity index is 1290. The van der Waals surface area contributed by atoms with Gasteiger partial charge in [-0.1, -0.05) is 59.8 Å². The Morgan fingerprint density at radius 1 is 1.06 bits per heavy atom. The van der Waals surface area contributed by atoms with Crippen LogP contribution < -0.4 is 10.9 Å². The molecule has 2 aromatic heterocycles. The number of benzene rings is 2. The van der Waals surface area contributed by atoms with Gasteiger partial charge in [0.15, 0.2) is 0 Å². The highest BCUT2D eigenvalue weighted by atomic mass is 32.2. The minimum atomic E-state index is -0.301. The van der Waals surface area contributed by atoms with Crippen LogP contribution in [0.25, 0.3) is 5.78 Å². The highest BCUT2D eigenvalue weighted by Gasteiger charge is 2.15. The van der Waals surface area contributed by atoms with Crippen molar-refractivity contribution in [1.82, 2.24) is 24.8 Å². The van der Waals surface area contributed by atoms with Crippen LogP contribution in [0.1, 0.15) is 27.9 Å². The summed E-state index contributed by atoms with van der Waals surface area (Å²) in [5.74, 6) is 0.238. The van der Waals surface area contributed by atoms with Crippen molar-refractivity contribution < 1.29 is 4.79 Å². The lowest BCUT2D eigenvalue weighted by molar-refractivity contribution is -0.113. The van der Waals surface area contributed by atoms with Gasteiger partial charge in [-0.15, -0.1) is 10.2 Å². The van der Waals surface area contributed by atoms with E-state index in [1.54, 1.807) is 0 Å². The normalized spacial score (nSPS) is 11.1. The summed E-state index contributed by atoms with van der Waals surface area (Å²) < 4.78 is 1.47. The molecule has 0 unspecified atom stereocenters. The summed E-state index contributed by atoms with van der Waals surface area (Å²) in [7, 11) is 0. The summed E-state index contributed by atoms with van der Waals surface area (Å²) in [4.78, 5) is 27.6. The number of nitrogens with one attached hydrogen (secondary N) is 2. The maximum Gasteiger partial charge on any atom is 0.274 e. The average Bonchev–Trinajstić information content (AvgIpc) is 3.13. The molecule has 4 aromatic rings. The van der Waals surface area contributed by atoms with Crippen LogP contribution in [0.4, 0.5) is 5.69 Å². The second kappa shape index (κ2) is 8.73. The number of carbonyl (C=O) groups is 1. The zero-order valence-corrected chi connectivity index (χ0v) is 18.3. The first-order valence-corrected chi connectivity index (χ1v) is 10.8. The number of para-hydroxylation sites is 1. The molecule has 4 rings (SSSR count). The number of anilines is 1. The van der Waals surface area contributed by atoms with Gasteiger partial charge in [0.2, 0.25) is 11.1 Å². The van der Waals surface area contributed by atoms with Gasteiger partial charge in [-0.3, -0.25) is 14.6 Å². The van der Waals surface area contributed by atoms with Crippen LogP contribution in [-0.2, 0) is 11.2 Å². The van der Waals surface area contributed by atoms with Crippen LogP contribution in [0.3, 0.4) is 0 Å². The minimum Gasteiger partial charge on any atom is -0.325 e. The van der Waals surface area contributed by atoms with Gasteiger partial charge in [-0.05, 0) is 37.5 Å². The molecular weight excluding hydrogens is 412 g/mol. The topological polar surface area (TPSA) is 105 Å². The maximum atomic E-state index is 12.5. The summed E-state index contributed by atoms with van der Waals surface area (Å²) in [5, 5.41) is 15.9. The van der Waals surface area contributed by atoms with Crippen molar-refractivity contribution >= 4 is 29.1 Å². The number of aromatic nitrogens is 5. The number of amides is 1. The van der Waals surface area contributed by atoms with Crippen LogP contribution in [-0.4, -0.2) is 36.5 Å². The maximum absolute atomic E-state index is 12.5. The fourth-order valence-corrected chi connectivity index (χ4v) is 3.88. The number of carbonyl (C=O) groups excluding carboxylic acids is 1. The van der Waals surface area contributed by atoms with Crippen LogP contribution in [0.5, 0.6) is 0 Å². The highest BCUT2D eigenvalue weighted by Crippen LogP contribution is 2.21. The molecule has 0 fully saturated rings. The van der Waals surface area contributed by atoms with E-state index in [2.05, 4.69) is 25.6 Å². The lowest BCUT2D eigenvalue weighted by Crippen LogP contribution is -2.19. The molecule has 0 atom stereocenters. The van der Waals surface area contributed by atoms with E-state index in [1.807, 2.05) is 63.2 Å². The van der Waals surface area contributed by atoms with Crippen LogP contribution in [0.2, 0.25) is 0 Å². The lowest BCUT2D eigenvalue weighted by Gasteiger charge is -2.10. The average molecular weight is 435 g/mol. The first-order valence-electron chi connectivity index (χ1n) is 9.80. The molecule has 0 spiro atoms. The second-order valence-electron chi connectivity index (χ2n) is 7.38. The fourth-order valence-electron chi connectivity index (χ4n) is 3.20. The number of nitrogens with zero attached hydrogens (tertiary/aromatic N) is 4. The monoisotopic (exact) mass is 434 g/mol. The third-order valence-electron chi connectivity index (χ3n) is 4.89. The third-order valence-corrected chi connectivity index (χ3v) is 5.81. The molecule has 158 valence electrons. The van der Waals surface area contributed by atoms with Crippen LogP contribution >= 0.6 is 11.8 Å². The van der Waals surface area contributed by atoms with Crippen molar-refractivity contribution in [3.05, 3.63) is 80.8 Å². The van der Waals surface area contributed by atoms with Gasteiger partial charge >= 0.3 is 0 Å². The molecule has 0 saturated carbocycles. The van der Waals surface area contributed by atoms with E-state index >= 15 is 0 Å². The third kappa shape index (κ3) is 4.66. The van der Waals surface area contributed by atoms with Gasteiger partial charge in [0.1, 0.15) is 5.69 Å². The Morgan fingerprint density at radius 3 is 2.48 bits per heavy atom. The Kier molecular flexibility index (Phi) is 5.85. The Balaban J connectivity index is 1.51. The number of hydrogen-bond donors (Lipinski definition) is 2. The van der Waals surface area contributed by atoms with Crippen molar-refractivity contribution in [1.29, 1.82) is 0 Å². The van der Waals surface area contributed by atoms with E-state index < -0.39 is 0 Å². The van der Waals surface area contributed by atoms with Gasteiger partial charge < -0.3 is 5.32 Å². The molecule has 1 amide bonds. The highest BCUT2D eigenvalue weighted by molar-refractivity contribution is 7.99. The molecule has 0 aliphatic heterocycles. The molecule has 9 heteroatoms. The molecule has 0 saturated heterocycles. The van der Waals surface area contributed by atoms with E-state index in [0.29, 0.717) is 17.3 Å². The SMILES string of the molecule is Cc1ccc(Cc2nn3c(SCC(=O)Nc4c(C)cccc4C)nnc3[nH]c2=O)cc1. The van der Waals surface area contributed by atoms with Crippen molar-refractivity contribution in [2.45, 2.75) is 32.3 Å². The van der Waals surface area contributed by atoms with E-state index in [9.17, 15) is 9.59 Å². The van der Waals surface area contributed by atoms with Crippen molar-refractivity contribution in [2.75, 3.05) is 11.1 Å². The van der Waals surface area contributed by atoms with Crippen LogP contribution in [0.15, 0.2) is 52.4 Å². The number of fused-ring (bicyclic) bond motifs is 1. The molecule has 2 heterocycles. The zero-order valence-electron chi connectivity index (χ0n) is 17.5. The van der Waals surface area contributed by atoms with Gasteiger partial charge in [0.25, 0.3) is 11.3 Å². The molecule has 0 radical (unpaired) electrons. The predicted octanol–water partition coefficient (Wildman–Crippen LogP) is 3.06. The molecule has 31 heavy (non-hydrogen) atoms. The minimum absolute atomic E-state index is 0.142. The molecule has 0 aliphatic carbocycles. The molecule has 2 N–H and O–H groups in total. The van der Waals surface area contributed by atoms with Gasteiger partial charge in [-0.25, -0.2) is 0 Å². The Morgan fingerprint density at radius 2 is 1.77 bits per heavy atom. The van der Waals surface area contributed by atoms with Crippen LogP contribution in [0, 0.1) is 20.8 Å². The van der Waals surface area contributed by atoms with Gasteiger partial charge in [0, 0.05) is 12.1 Å². The number of rotatable bonds is 6. The molecular formula is C22H22N6O2S. The van der Waals surface area contributed by atoms with Crippen molar-refractivity contribution in [3.8, 4) is 0 Å². The summed E-state index contributed by atoms with van der Waals surface area (Å²) >= 11 is 1.21. The lowest BCUT2D eigenvalue weighted by atomic mass is 10.1. The molecule has 8 nitrogen and oxygen atoms in total. The first kappa shape index (κ1) is 20.8. The van der Waals surface area contributed by atoms with E-state index in [-0.39, 0.29) is 23.0 Å². The second-order valence-corrected chi connectivity index (χ2v) is 8.33. The van der Waals surface area contributed by atoms with E-state index in [0.717, 1.165) is 27.9 Å². The summed E-state index contributed by atoms with van der Waals surface area (Å²) in [6.45, 7) is 5.92. The number of H-pyrrole nitrogens is 1. The standard InChI is InChI=1S/C22H22N6O2S/c1-13-7-9-16(10-8-13)11-17-20(30)24-21-25-26-22(28(21)27-17)31-12-18(29)23-19-14(2)5-4-6-15(19)3/h4-10H,11-12H2,1-3H3,(H,23,29)(H,24,25,30). The summed E-state index contributed by atoms with van der Waals surface area (Å²) in [6, 6.07) is 13.8. The first-order chi connectivity index (χ1) is 14.9. The Hall–Kier alpha value is -3.46. The molecule has 0 bridgehead atoms.